The van der Waals surface area contributed by atoms with E-state index in [9.17, 15) is 9.59 Å². The first-order valence-corrected chi connectivity index (χ1v) is 7.67. The molecule has 5 nitrogen and oxygen atoms in total. The Morgan fingerprint density at radius 2 is 1.68 bits per heavy atom. The number of amides is 2. The number of aryl methyl sites for hydroxylation is 1. The highest BCUT2D eigenvalue weighted by molar-refractivity contribution is 5.87. The Hall–Kier alpha value is -1.88. The molecule has 0 aromatic heterocycles. The fraction of sp³-hybridized carbons (Fsp3) is 0.529. The van der Waals surface area contributed by atoms with Gasteiger partial charge in [0.2, 0.25) is 11.8 Å². The van der Waals surface area contributed by atoms with Gasteiger partial charge in [0.25, 0.3) is 0 Å². The van der Waals surface area contributed by atoms with Crippen molar-refractivity contribution in [3.8, 4) is 0 Å². The van der Waals surface area contributed by atoms with E-state index in [0.717, 1.165) is 0 Å². The molecule has 0 aliphatic heterocycles. The minimum absolute atomic E-state index is 0.0418. The second-order valence-electron chi connectivity index (χ2n) is 6.10. The number of hydrogen-bond acceptors (Lipinski definition) is 3. The van der Waals surface area contributed by atoms with Gasteiger partial charge in [-0.2, -0.15) is 0 Å². The van der Waals surface area contributed by atoms with Crippen LogP contribution >= 0.6 is 0 Å². The summed E-state index contributed by atoms with van der Waals surface area (Å²) in [5.41, 5.74) is 8.10. The van der Waals surface area contributed by atoms with Crippen LogP contribution in [0.2, 0.25) is 0 Å². The number of rotatable bonds is 7. The minimum atomic E-state index is -0.584. The van der Waals surface area contributed by atoms with Crippen molar-refractivity contribution < 1.29 is 9.59 Å². The Kier molecular flexibility index (Phi) is 7.05. The van der Waals surface area contributed by atoms with E-state index in [1.165, 1.54) is 11.1 Å². The monoisotopic (exact) mass is 305 g/mol. The number of hydrogen-bond donors (Lipinski definition) is 3. The molecule has 2 atom stereocenters. The maximum Gasteiger partial charge on any atom is 0.239 e. The van der Waals surface area contributed by atoms with Crippen LogP contribution in [0.3, 0.4) is 0 Å². The third kappa shape index (κ3) is 5.85. The molecule has 2 amide bonds. The Morgan fingerprint density at radius 1 is 1.09 bits per heavy atom. The van der Waals surface area contributed by atoms with Crippen LogP contribution in [0.5, 0.6) is 0 Å². The molecule has 22 heavy (non-hydrogen) atoms. The quantitative estimate of drug-likeness (QED) is 0.710. The van der Waals surface area contributed by atoms with Gasteiger partial charge in [-0.05, 0) is 24.3 Å². The van der Waals surface area contributed by atoms with Crippen molar-refractivity contribution in [3.05, 3.63) is 35.4 Å². The number of nitrogens with two attached hydrogens (primary N) is 1. The Labute approximate surface area is 132 Å². The van der Waals surface area contributed by atoms with Crippen molar-refractivity contribution in [2.45, 2.75) is 39.7 Å². The fourth-order valence-electron chi connectivity index (χ4n) is 1.93. The average Bonchev–Trinajstić information content (AvgIpc) is 2.49. The van der Waals surface area contributed by atoms with Crippen LogP contribution in [-0.4, -0.2) is 30.9 Å². The Bertz CT molecular complexity index is 497. The summed E-state index contributed by atoms with van der Waals surface area (Å²) >= 11 is 0. The summed E-state index contributed by atoms with van der Waals surface area (Å²) in [5.74, 6) is -0.234. The molecule has 0 aliphatic rings. The lowest BCUT2D eigenvalue weighted by Gasteiger charge is -2.16. The van der Waals surface area contributed by atoms with E-state index in [-0.39, 0.29) is 30.2 Å². The number of carbonyl (C=O) groups excluding carboxylic acids is 2. The van der Waals surface area contributed by atoms with Gasteiger partial charge in [-0.1, -0.05) is 50.6 Å². The molecule has 0 aliphatic carbocycles. The molecular formula is C17H27N3O2. The average molecular weight is 305 g/mol. The van der Waals surface area contributed by atoms with Gasteiger partial charge >= 0.3 is 0 Å². The van der Waals surface area contributed by atoms with E-state index in [0.29, 0.717) is 6.54 Å². The maximum atomic E-state index is 11.8. The van der Waals surface area contributed by atoms with Crippen molar-refractivity contribution in [2.24, 2.45) is 11.7 Å². The number of benzene rings is 1. The zero-order chi connectivity index (χ0) is 16.7. The van der Waals surface area contributed by atoms with E-state index in [1.54, 1.807) is 0 Å². The summed E-state index contributed by atoms with van der Waals surface area (Å²) in [6, 6.07) is 7.66. The first-order chi connectivity index (χ1) is 10.3. The zero-order valence-electron chi connectivity index (χ0n) is 13.8. The molecule has 0 radical (unpaired) electrons. The highest BCUT2D eigenvalue weighted by atomic mass is 16.2. The zero-order valence-corrected chi connectivity index (χ0v) is 13.8. The van der Waals surface area contributed by atoms with Crippen LogP contribution in [0.25, 0.3) is 0 Å². The normalized spacial score (nSPS) is 13.5. The molecule has 5 heteroatoms. The van der Waals surface area contributed by atoms with Crippen LogP contribution in [-0.2, 0) is 9.59 Å². The van der Waals surface area contributed by atoms with Gasteiger partial charge in [0.15, 0.2) is 0 Å². The maximum absolute atomic E-state index is 11.8. The van der Waals surface area contributed by atoms with E-state index in [2.05, 4.69) is 41.8 Å². The van der Waals surface area contributed by atoms with Crippen molar-refractivity contribution in [2.75, 3.05) is 13.1 Å². The molecule has 1 rings (SSSR count). The molecule has 122 valence electrons. The van der Waals surface area contributed by atoms with Gasteiger partial charge in [-0.25, -0.2) is 0 Å². The smallest absolute Gasteiger partial charge is 0.239 e. The number of nitrogens with one attached hydrogen (secondary N) is 2. The second kappa shape index (κ2) is 8.54. The molecular weight excluding hydrogens is 278 g/mol. The van der Waals surface area contributed by atoms with Gasteiger partial charge in [0.1, 0.15) is 0 Å². The Morgan fingerprint density at radius 3 is 2.23 bits per heavy atom. The first-order valence-electron chi connectivity index (χ1n) is 7.67. The van der Waals surface area contributed by atoms with E-state index in [1.807, 2.05) is 20.8 Å². The molecule has 0 fully saturated rings. The van der Waals surface area contributed by atoms with Crippen molar-refractivity contribution in [1.82, 2.24) is 10.6 Å². The largest absolute Gasteiger partial charge is 0.354 e. The summed E-state index contributed by atoms with van der Waals surface area (Å²) in [4.78, 5) is 23.4. The highest BCUT2D eigenvalue weighted by Gasteiger charge is 2.17. The number of carbonyl (C=O) groups is 2. The van der Waals surface area contributed by atoms with E-state index in [4.69, 9.17) is 5.73 Å². The van der Waals surface area contributed by atoms with Crippen molar-refractivity contribution >= 4 is 11.8 Å². The summed E-state index contributed by atoms with van der Waals surface area (Å²) in [6.07, 6.45) is 0. The molecule has 1 aromatic rings. The molecule has 0 bridgehead atoms. The first kappa shape index (κ1) is 18.2. The third-order valence-corrected chi connectivity index (χ3v) is 3.70. The Balaban J connectivity index is 2.34. The van der Waals surface area contributed by atoms with Crippen LogP contribution < -0.4 is 16.4 Å². The molecule has 1 unspecified atom stereocenters. The van der Waals surface area contributed by atoms with E-state index >= 15 is 0 Å². The highest BCUT2D eigenvalue weighted by Crippen LogP contribution is 2.14. The molecule has 0 saturated carbocycles. The summed E-state index contributed by atoms with van der Waals surface area (Å²) in [5, 5.41) is 5.38. The van der Waals surface area contributed by atoms with Crippen LogP contribution in [0.4, 0.5) is 0 Å². The topological polar surface area (TPSA) is 84.2 Å². The van der Waals surface area contributed by atoms with Crippen LogP contribution in [0, 0.1) is 12.8 Å². The standard InChI is InChI=1S/C17H27N3O2/c1-11(2)16(18)17(22)20-10-15(21)19-9-13(4)14-7-5-12(3)6-8-14/h5-8,11,13,16H,9-10,18H2,1-4H3,(H,19,21)(H,20,22)/t13?,16-/m0/s1. The third-order valence-electron chi connectivity index (χ3n) is 3.70. The fourth-order valence-corrected chi connectivity index (χ4v) is 1.93. The van der Waals surface area contributed by atoms with Gasteiger partial charge in [-0.15, -0.1) is 0 Å². The lowest BCUT2D eigenvalue weighted by molar-refractivity contribution is -0.127. The van der Waals surface area contributed by atoms with Crippen molar-refractivity contribution in [3.63, 3.8) is 0 Å². The van der Waals surface area contributed by atoms with Crippen LogP contribution in [0.15, 0.2) is 24.3 Å². The second-order valence-corrected chi connectivity index (χ2v) is 6.10. The molecule has 4 N–H and O–H groups in total. The predicted molar refractivity (Wildman–Crippen MR) is 88.4 cm³/mol. The minimum Gasteiger partial charge on any atom is -0.354 e. The molecule has 0 saturated heterocycles. The van der Waals surface area contributed by atoms with Crippen LogP contribution in [0.1, 0.15) is 37.8 Å². The lowest BCUT2D eigenvalue weighted by Crippen LogP contribution is -2.47. The van der Waals surface area contributed by atoms with Crippen molar-refractivity contribution in [1.29, 1.82) is 0 Å². The molecule has 0 heterocycles. The predicted octanol–water partition coefficient (Wildman–Crippen LogP) is 1.31. The molecule has 1 aromatic carbocycles. The summed E-state index contributed by atoms with van der Waals surface area (Å²) in [7, 11) is 0. The van der Waals surface area contributed by atoms with Gasteiger partial charge < -0.3 is 16.4 Å². The SMILES string of the molecule is Cc1ccc(C(C)CNC(=O)CNC(=O)[C@@H](N)C(C)C)cc1. The summed E-state index contributed by atoms with van der Waals surface area (Å²) in [6.45, 7) is 8.33. The van der Waals surface area contributed by atoms with Gasteiger partial charge in [0.05, 0.1) is 12.6 Å². The van der Waals surface area contributed by atoms with Gasteiger partial charge in [-0.3, -0.25) is 9.59 Å². The lowest BCUT2D eigenvalue weighted by atomic mass is 10.00. The summed E-state index contributed by atoms with van der Waals surface area (Å²) < 4.78 is 0. The van der Waals surface area contributed by atoms with Gasteiger partial charge in [0, 0.05) is 6.54 Å². The molecule has 0 spiro atoms. The van der Waals surface area contributed by atoms with E-state index < -0.39 is 6.04 Å².